The fraction of sp³-hybridized carbons (Fsp3) is 0.0909. The molecule has 4 nitrogen and oxygen atoms in total. The molecule has 4 rings (SSSR count). The maximum absolute atomic E-state index is 13.3. The summed E-state index contributed by atoms with van der Waals surface area (Å²) in [6.45, 7) is 0. The molecule has 2 aromatic heterocycles. The second-order valence-corrected chi connectivity index (χ2v) is 6.26. The highest BCUT2D eigenvalue weighted by molar-refractivity contribution is 5.78. The third kappa shape index (κ3) is 3.99. The number of benzene rings is 2. The Balaban J connectivity index is 1.79. The highest BCUT2D eigenvalue weighted by Gasteiger charge is 2.31. The Morgan fingerprint density at radius 3 is 2.41 bits per heavy atom. The van der Waals surface area contributed by atoms with Crippen molar-refractivity contribution in [3.05, 3.63) is 78.6 Å². The normalized spacial score (nSPS) is 11.4. The SMILES string of the molecule is COc1ccc(-c2ccc(C(F)(F)F)cc2Oc2ccc3cnccc3n2)cc1. The van der Waals surface area contributed by atoms with Crippen LogP contribution in [0.1, 0.15) is 5.56 Å². The Hall–Kier alpha value is -3.61. The van der Waals surface area contributed by atoms with Crippen LogP contribution < -0.4 is 9.47 Å². The van der Waals surface area contributed by atoms with Crippen LogP contribution in [0.15, 0.2) is 73.1 Å². The standard InChI is InChI=1S/C22H15F3N2O2/c1-28-17-6-2-14(3-7-17)18-8-5-16(22(23,24)25)12-20(18)29-21-9-4-15-13-26-11-10-19(15)27-21/h2-13H,1H3. The lowest BCUT2D eigenvalue weighted by atomic mass is 10.0. The van der Waals surface area contributed by atoms with E-state index in [1.807, 2.05) is 0 Å². The van der Waals surface area contributed by atoms with Gasteiger partial charge in [-0.2, -0.15) is 13.2 Å². The van der Waals surface area contributed by atoms with Gasteiger partial charge in [0.25, 0.3) is 0 Å². The van der Waals surface area contributed by atoms with E-state index in [4.69, 9.17) is 9.47 Å². The topological polar surface area (TPSA) is 44.2 Å². The summed E-state index contributed by atoms with van der Waals surface area (Å²) in [6.07, 6.45) is -1.25. The van der Waals surface area contributed by atoms with E-state index in [-0.39, 0.29) is 11.6 Å². The number of halogens is 3. The van der Waals surface area contributed by atoms with E-state index in [0.717, 1.165) is 17.5 Å². The zero-order chi connectivity index (χ0) is 20.4. The van der Waals surface area contributed by atoms with Gasteiger partial charge < -0.3 is 9.47 Å². The van der Waals surface area contributed by atoms with Gasteiger partial charge in [-0.1, -0.05) is 18.2 Å². The Bertz CT molecular complexity index is 1160. The first-order valence-corrected chi connectivity index (χ1v) is 8.68. The summed E-state index contributed by atoms with van der Waals surface area (Å²) in [5.74, 6) is 0.900. The monoisotopic (exact) mass is 396 g/mol. The summed E-state index contributed by atoms with van der Waals surface area (Å²) in [6, 6.07) is 15.5. The van der Waals surface area contributed by atoms with Gasteiger partial charge in [0.15, 0.2) is 0 Å². The van der Waals surface area contributed by atoms with Crippen molar-refractivity contribution in [2.24, 2.45) is 0 Å². The van der Waals surface area contributed by atoms with Crippen molar-refractivity contribution in [2.45, 2.75) is 6.18 Å². The smallest absolute Gasteiger partial charge is 0.416 e. The molecule has 2 heterocycles. The molecule has 0 aliphatic heterocycles. The highest BCUT2D eigenvalue weighted by atomic mass is 19.4. The van der Waals surface area contributed by atoms with Crippen LogP contribution in [0.5, 0.6) is 17.4 Å². The number of hydrogen-bond acceptors (Lipinski definition) is 4. The van der Waals surface area contributed by atoms with E-state index in [9.17, 15) is 13.2 Å². The average molecular weight is 396 g/mol. The molecule has 146 valence electrons. The Morgan fingerprint density at radius 2 is 1.69 bits per heavy atom. The van der Waals surface area contributed by atoms with Crippen molar-refractivity contribution in [3.63, 3.8) is 0 Å². The second-order valence-electron chi connectivity index (χ2n) is 6.26. The number of nitrogens with zero attached hydrogens (tertiary/aromatic N) is 2. The summed E-state index contributed by atoms with van der Waals surface area (Å²) in [4.78, 5) is 8.38. The molecule has 29 heavy (non-hydrogen) atoms. The molecule has 0 radical (unpaired) electrons. The van der Waals surface area contributed by atoms with Crippen LogP contribution in [-0.2, 0) is 6.18 Å². The summed E-state index contributed by atoms with van der Waals surface area (Å²) in [5, 5.41) is 0.805. The zero-order valence-corrected chi connectivity index (χ0v) is 15.3. The first-order chi connectivity index (χ1) is 13.9. The second kappa shape index (κ2) is 7.43. The predicted molar refractivity (Wildman–Crippen MR) is 103 cm³/mol. The largest absolute Gasteiger partial charge is 0.497 e. The average Bonchev–Trinajstić information content (AvgIpc) is 2.73. The summed E-state index contributed by atoms with van der Waals surface area (Å²) < 4.78 is 50.7. The van der Waals surface area contributed by atoms with Crippen molar-refractivity contribution >= 4 is 10.9 Å². The molecule has 0 saturated carbocycles. The fourth-order valence-corrected chi connectivity index (χ4v) is 2.91. The highest BCUT2D eigenvalue weighted by Crippen LogP contribution is 2.39. The van der Waals surface area contributed by atoms with E-state index in [2.05, 4.69) is 9.97 Å². The molecule has 0 amide bonds. The first-order valence-electron chi connectivity index (χ1n) is 8.68. The van der Waals surface area contributed by atoms with E-state index < -0.39 is 11.7 Å². The van der Waals surface area contributed by atoms with E-state index in [1.54, 1.807) is 62.0 Å². The Morgan fingerprint density at radius 1 is 0.897 bits per heavy atom. The van der Waals surface area contributed by atoms with Gasteiger partial charge >= 0.3 is 6.18 Å². The van der Waals surface area contributed by atoms with Crippen LogP contribution in [0.4, 0.5) is 13.2 Å². The van der Waals surface area contributed by atoms with Crippen LogP contribution in [0.25, 0.3) is 22.0 Å². The van der Waals surface area contributed by atoms with Gasteiger partial charge in [-0.25, -0.2) is 4.98 Å². The van der Waals surface area contributed by atoms with E-state index >= 15 is 0 Å². The maximum atomic E-state index is 13.3. The van der Waals surface area contributed by atoms with Crippen LogP contribution in [0, 0.1) is 0 Å². The lowest BCUT2D eigenvalue weighted by Crippen LogP contribution is -2.05. The maximum Gasteiger partial charge on any atom is 0.416 e. The predicted octanol–water partition coefficient (Wildman–Crippen LogP) is 6.12. The quantitative estimate of drug-likeness (QED) is 0.417. The minimum atomic E-state index is -4.49. The molecule has 4 aromatic rings. The van der Waals surface area contributed by atoms with Gasteiger partial charge in [-0.15, -0.1) is 0 Å². The van der Waals surface area contributed by atoms with Crippen LogP contribution >= 0.6 is 0 Å². The molecule has 7 heteroatoms. The lowest BCUT2D eigenvalue weighted by molar-refractivity contribution is -0.137. The van der Waals surface area contributed by atoms with Crippen molar-refractivity contribution in [2.75, 3.05) is 7.11 Å². The van der Waals surface area contributed by atoms with E-state index in [0.29, 0.717) is 22.4 Å². The van der Waals surface area contributed by atoms with Gasteiger partial charge in [0, 0.05) is 29.4 Å². The molecular weight excluding hydrogens is 381 g/mol. The van der Waals surface area contributed by atoms with Gasteiger partial charge in [0.05, 0.1) is 18.2 Å². The zero-order valence-electron chi connectivity index (χ0n) is 15.3. The summed E-state index contributed by atoms with van der Waals surface area (Å²) in [5.41, 5.74) is 1.04. The van der Waals surface area contributed by atoms with Crippen LogP contribution in [-0.4, -0.2) is 17.1 Å². The molecule has 0 N–H and O–H groups in total. The molecule has 0 bridgehead atoms. The molecular formula is C22H15F3N2O2. The number of methoxy groups -OCH3 is 1. The van der Waals surface area contributed by atoms with Crippen molar-refractivity contribution in [1.82, 2.24) is 9.97 Å². The van der Waals surface area contributed by atoms with Crippen LogP contribution in [0.2, 0.25) is 0 Å². The van der Waals surface area contributed by atoms with Gasteiger partial charge in [-0.3, -0.25) is 4.98 Å². The lowest BCUT2D eigenvalue weighted by Gasteiger charge is -2.15. The Labute approximate surface area is 164 Å². The van der Waals surface area contributed by atoms with Crippen molar-refractivity contribution in [3.8, 4) is 28.5 Å². The number of rotatable bonds is 4. The fourth-order valence-electron chi connectivity index (χ4n) is 2.91. The molecule has 0 aliphatic rings. The number of pyridine rings is 2. The first kappa shape index (κ1) is 18.7. The van der Waals surface area contributed by atoms with E-state index in [1.165, 1.54) is 6.07 Å². The minimum absolute atomic E-state index is 0.0610. The van der Waals surface area contributed by atoms with Gasteiger partial charge in [0.1, 0.15) is 11.5 Å². The van der Waals surface area contributed by atoms with Gasteiger partial charge in [-0.05, 0) is 42.0 Å². The summed E-state index contributed by atoms with van der Waals surface area (Å²) in [7, 11) is 1.54. The van der Waals surface area contributed by atoms with Crippen molar-refractivity contribution in [1.29, 1.82) is 0 Å². The molecule has 0 unspecified atom stereocenters. The minimum Gasteiger partial charge on any atom is -0.497 e. The molecule has 0 atom stereocenters. The number of aromatic nitrogens is 2. The molecule has 2 aromatic carbocycles. The third-order valence-electron chi connectivity index (χ3n) is 4.39. The Kier molecular flexibility index (Phi) is 4.80. The van der Waals surface area contributed by atoms with Crippen molar-refractivity contribution < 1.29 is 22.6 Å². The molecule has 0 saturated heterocycles. The molecule has 0 spiro atoms. The number of ether oxygens (including phenoxy) is 2. The number of hydrogen-bond donors (Lipinski definition) is 0. The van der Waals surface area contributed by atoms with Crippen LogP contribution in [0.3, 0.4) is 0 Å². The molecule has 0 aliphatic carbocycles. The third-order valence-corrected chi connectivity index (χ3v) is 4.39. The molecule has 0 fully saturated rings. The number of alkyl halides is 3. The number of fused-ring (bicyclic) bond motifs is 1. The van der Waals surface area contributed by atoms with Gasteiger partial charge in [0.2, 0.25) is 5.88 Å². The summed E-state index contributed by atoms with van der Waals surface area (Å²) >= 11 is 0.